The van der Waals surface area contributed by atoms with Gasteiger partial charge in [-0.2, -0.15) is 0 Å². The minimum absolute atomic E-state index is 0.281. The summed E-state index contributed by atoms with van der Waals surface area (Å²) in [7, 11) is 0. The highest BCUT2D eigenvalue weighted by molar-refractivity contribution is 5.23. The lowest BCUT2D eigenvalue weighted by Crippen LogP contribution is -2.25. The van der Waals surface area contributed by atoms with Crippen LogP contribution in [0.1, 0.15) is 32.8 Å². The largest absolute Gasteiger partial charge is 0.317 e. The molecule has 0 aliphatic carbocycles. The van der Waals surface area contributed by atoms with Crippen molar-refractivity contribution >= 4 is 0 Å². The second-order valence-corrected chi connectivity index (χ2v) is 4.35. The smallest absolute Gasteiger partial charge is 0.00407 e. The van der Waals surface area contributed by atoms with Gasteiger partial charge in [-0.25, -0.2) is 0 Å². The van der Waals surface area contributed by atoms with Crippen LogP contribution in [0.5, 0.6) is 0 Å². The fourth-order valence-electron chi connectivity index (χ4n) is 1.61. The standard InChI is InChI=1S/C13H21N/c1-4-14-11-10-13(2,3)12-8-6-5-7-9-12/h5-9,14H,4,10-11H2,1-3H3. The Morgan fingerprint density at radius 1 is 1.14 bits per heavy atom. The number of nitrogens with one attached hydrogen (secondary N) is 1. The third-order valence-corrected chi connectivity index (χ3v) is 2.73. The summed E-state index contributed by atoms with van der Waals surface area (Å²) in [5.41, 5.74) is 1.71. The molecule has 1 aromatic carbocycles. The van der Waals surface area contributed by atoms with Crippen molar-refractivity contribution in [2.75, 3.05) is 13.1 Å². The number of rotatable bonds is 5. The van der Waals surface area contributed by atoms with Crippen LogP contribution in [0.4, 0.5) is 0 Å². The molecule has 1 aromatic rings. The molecule has 0 heterocycles. The monoisotopic (exact) mass is 191 g/mol. The van der Waals surface area contributed by atoms with Crippen molar-refractivity contribution in [2.24, 2.45) is 0 Å². The molecule has 1 nitrogen and oxygen atoms in total. The van der Waals surface area contributed by atoms with E-state index < -0.39 is 0 Å². The van der Waals surface area contributed by atoms with E-state index in [9.17, 15) is 0 Å². The predicted octanol–water partition coefficient (Wildman–Crippen LogP) is 2.96. The van der Waals surface area contributed by atoms with Gasteiger partial charge >= 0.3 is 0 Å². The maximum absolute atomic E-state index is 3.37. The zero-order chi connectivity index (χ0) is 10.4. The Morgan fingerprint density at radius 3 is 2.36 bits per heavy atom. The molecule has 78 valence electrons. The summed E-state index contributed by atoms with van der Waals surface area (Å²) in [5.74, 6) is 0. The van der Waals surface area contributed by atoms with Gasteiger partial charge in [0.15, 0.2) is 0 Å². The molecule has 0 saturated carbocycles. The van der Waals surface area contributed by atoms with Crippen LogP contribution < -0.4 is 5.32 Å². The van der Waals surface area contributed by atoms with E-state index in [0.717, 1.165) is 13.1 Å². The Morgan fingerprint density at radius 2 is 1.79 bits per heavy atom. The molecule has 0 saturated heterocycles. The maximum atomic E-state index is 3.37. The van der Waals surface area contributed by atoms with Crippen molar-refractivity contribution in [3.8, 4) is 0 Å². The molecule has 0 bridgehead atoms. The van der Waals surface area contributed by atoms with Crippen LogP contribution in [-0.4, -0.2) is 13.1 Å². The topological polar surface area (TPSA) is 12.0 Å². The van der Waals surface area contributed by atoms with Crippen LogP contribution in [0.2, 0.25) is 0 Å². The molecule has 14 heavy (non-hydrogen) atoms. The van der Waals surface area contributed by atoms with Crippen LogP contribution in [0.25, 0.3) is 0 Å². The first kappa shape index (κ1) is 11.3. The summed E-state index contributed by atoms with van der Waals surface area (Å²) in [6.07, 6.45) is 1.19. The lowest BCUT2D eigenvalue weighted by molar-refractivity contribution is 0.461. The van der Waals surface area contributed by atoms with Gasteiger partial charge in [0.2, 0.25) is 0 Å². The van der Waals surface area contributed by atoms with E-state index in [1.54, 1.807) is 0 Å². The molecule has 0 aliphatic rings. The molecular formula is C13H21N. The molecule has 1 N–H and O–H groups in total. The van der Waals surface area contributed by atoms with Crippen LogP contribution in [0, 0.1) is 0 Å². The Hall–Kier alpha value is -0.820. The van der Waals surface area contributed by atoms with Gasteiger partial charge in [-0.05, 0) is 30.5 Å². The minimum Gasteiger partial charge on any atom is -0.317 e. The predicted molar refractivity (Wildman–Crippen MR) is 62.6 cm³/mol. The first-order chi connectivity index (χ1) is 6.67. The van der Waals surface area contributed by atoms with E-state index >= 15 is 0 Å². The Bertz CT molecular complexity index is 251. The van der Waals surface area contributed by atoms with Gasteiger partial charge in [0.1, 0.15) is 0 Å². The van der Waals surface area contributed by atoms with E-state index in [4.69, 9.17) is 0 Å². The lowest BCUT2D eigenvalue weighted by Gasteiger charge is -2.25. The first-order valence-corrected chi connectivity index (χ1v) is 5.43. The molecule has 0 aliphatic heterocycles. The summed E-state index contributed by atoms with van der Waals surface area (Å²) < 4.78 is 0. The van der Waals surface area contributed by atoms with Gasteiger partial charge < -0.3 is 5.32 Å². The molecule has 0 spiro atoms. The molecule has 0 aromatic heterocycles. The van der Waals surface area contributed by atoms with Gasteiger partial charge in [0.25, 0.3) is 0 Å². The highest BCUT2D eigenvalue weighted by Crippen LogP contribution is 2.25. The normalized spacial score (nSPS) is 11.6. The number of benzene rings is 1. The summed E-state index contributed by atoms with van der Waals surface area (Å²) in [5, 5.41) is 3.37. The minimum atomic E-state index is 0.281. The zero-order valence-corrected chi connectivity index (χ0v) is 9.51. The Kier molecular flexibility index (Phi) is 4.15. The van der Waals surface area contributed by atoms with E-state index in [0.29, 0.717) is 0 Å². The number of hydrogen-bond acceptors (Lipinski definition) is 1. The fourth-order valence-corrected chi connectivity index (χ4v) is 1.61. The van der Waals surface area contributed by atoms with Crippen molar-refractivity contribution in [2.45, 2.75) is 32.6 Å². The van der Waals surface area contributed by atoms with Gasteiger partial charge in [0.05, 0.1) is 0 Å². The van der Waals surface area contributed by atoms with Crippen LogP contribution >= 0.6 is 0 Å². The molecule has 0 unspecified atom stereocenters. The molecular weight excluding hydrogens is 170 g/mol. The summed E-state index contributed by atoms with van der Waals surface area (Å²) in [4.78, 5) is 0. The molecule has 0 radical (unpaired) electrons. The summed E-state index contributed by atoms with van der Waals surface area (Å²) >= 11 is 0. The summed E-state index contributed by atoms with van der Waals surface area (Å²) in [6, 6.07) is 10.7. The third-order valence-electron chi connectivity index (χ3n) is 2.73. The molecule has 0 atom stereocenters. The van der Waals surface area contributed by atoms with Crippen molar-refractivity contribution < 1.29 is 0 Å². The van der Waals surface area contributed by atoms with Crippen molar-refractivity contribution in [1.82, 2.24) is 5.32 Å². The highest BCUT2D eigenvalue weighted by atomic mass is 14.8. The van der Waals surface area contributed by atoms with Crippen LogP contribution in [0.15, 0.2) is 30.3 Å². The van der Waals surface area contributed by atoms with Gasteiger partial charge in [-0.15, -0.1) is 0 Å². The third kappa shape index (κ3) is 3.15. The second kappa shape index (κ2) is 5.16. The highest BCUT2D eigenvalue weighted by Gasteiger charge is 2.18. The van der Waals surface area contributed by atoms with Crippen LogP contribution in [0.3, 0.4) is 0 Å². The number of hydrogen-bond donors (Lipinski definition) is 1. The Balaban J connectivity index is 2.56. The van der Waals surface area contributed by atoms with E-state index in [-0.39, 0.29) is 5.41 Å². The van der Waals surface area contributed by atoms with Gasteiger partial charge in [0, 0.05) is 0 Å². The lowest BCUT2D eigenvalue weighted by atomic mass is 9.82. The summed E-state index contributed by atoms with van der Waals surface area (Å²) in [6.45, 7) is 8.91. The van der Waals surface area contributed by atoms with Crippen molar-refractivity contribution in [3.63, 3.8) is 0 Å². The zero-order valence-electron chi connectivity index (χ0n) is 9.51. The van der Waals surface area contributed by atoms with Crippen molar-refractivity contribution in [1.29, 1.82) is 0 Å². The molecule has 1 rings (SSSR count). The SMILES string of the molecule is CCNCCC(C)(C)c1ccccc1. The Labute approximate surface area is 87.5 Å². The fraction of sp³-hybridized carbons (Fsp3) is 0.538. The molecule has 0 fully saturated rings. The van der Waals surface area contributed by atoms with Gasteiger partial charge in [-0.1, -0.05) is 51.1 Å². The van der Waals surface area contributed by atoms with E-state index in [1.165, 1.54) is 12.0 Å². The average Bonchev–Trinajstić information content (AvgIpc) is 2.19. The van der Waals surface area contributed by atoms with Crippen molar-refractivity contribution in [3.05, 3.63) is 35.9 Å². The average molecular weight is 191 g/mol. The maximum Gasteiger partial charge on any atom is -0.00407 e. The van der Waals surface area contributed by atoms with Crippen LogP contribution in [-0.2, 0) is 5.41 Å². The second-order valence-electron chi connectivity index (χ2n) is 4.35. The van der Waals surface area contributed by atoms with E-state index in [1.807, 2.05) is 0 Å². The first-order valence-electron chi connectivity index (χ1n) is 5.43. The molecule has 0 amide bonds. The van der Waals surface area contributed by atoms with Gasteiger partial charge in [-0.3, -0.25) is 0 Å². The quantitative estimate of drug-likeness (QED) is 0.706. The van der Waals surface area contributed by atoms with E-state index in [2.05, 4.69) is 56.4 Å². The molecule has 1 heteroatoms.